The van der Waals surface area contributed by atoms with Crippen LogP contribution >= 0.6 is 0 Å². The van der Waals surface area contributed by atoms with E-state index in [-0.39, 0.29) is 66.4 Å². The molecular formula is C57H48N4OPt-2. The van der Waals surface area contributed by atoms with E-state index in [1.54, 1.807) is 94.2 Å². The van der Waals surface area contributed by atoms with Crippen molar-refractivity contribution in [1.82, 2.24) is 14.1 Å². The number of hydrogen-bond donors (Lipinski definition) is 0. The van der Waals surface area contributed by atoms with Crippen molar-refractivity contribution in [1.29, 1.82) is 0 Å². The van der Waals surface area contributed by atoms with Crippen LogP contribution in [0.25, 0.3) is 72.3 Å². The maximum atomic E-state index is 9.08. The molecule has 0 aliphatic carbocycles. The van der Waals surface area contributed by atoms with Crippen molar-refractivity contribution in [3.63, 3.8) is 0 Å². The van der Waals surface area contributed by atoms with Gasteiger partial charge in [-0.2, -0.15) is 18.2 Å². The first kappa shape index (κ1) is 28.2. The van der Waals surface area contributed by atoms with Crippen LogP contribution in [0, 0.1) is 29.8 Å². The van der Waals surface area contributed by atoms with Gasteiger partial charge in [0.2, 0.25) is 0 Å². The molecule has 0 aliphatic heterocycles. The first-order valence-corrected chi connectivity index (χ1v) is 20.3. The summed E-state index contributed by atoms with van der Waals surface area (Å²) in [4.78, 5) is 4.73. The number of pyridine rings is 1. The number of rotatable bonds is 10. The SMILES string of the molecule is [2H]c1c([2H])c([2H])c(-c2cccc(-c3c([2H])c([2H])c([2H])c([2H])c3[2H])c2-[n+]2[c-]n(-c3[c-]c(Oc4[c-]c5c(cc4)c4cc(C([2H])([2H])C(C)C)ccc4n5-c4cc(C([2H])([2H])C(C)(C)C)ccn4)ccc3)c3ccccc32)c([2H])c1[2H].[Pt]. The van der Waals surface area contributed by atoms with Crippen molar-refractivity contribution in [2.75, 3.05) is 0 Å². The van der Waals surface area contributed by atoms with E-state index in [9.17, 15) is 0 Å². The van der Waals surface area contributed by atoms with E-state index in [1.165, 1.54) is 0 Å². The van der Waals surface area contributed by atoms with E-state index in [0.29, 0.717) is 44.7 Å². The Balaban J connectivity index is 0.00000722. The molecule has 6 heteroatoms. The molecule has 0 fully saturated rings. The van der Waals surface area contributed by atoms with Crippen LogP contribution in [0.3, 0.4) is 0 Å². The van der Waals surface area contributed by atoms with Crippen LogP contribution < -0.4 is 9.30 Å². The van der Waals surface area contributed by atoms with Gasteiger partial charge in [-0.1, -0.05) is 155 Å². The third-order valence-electron chi connectivity index (χ3n) is 10.2. The maximum Gasteiger partial charge on any atom is 0.268 e. The second-order valence-electron chi connectivity index (χ2n) is 16.2. The molecule has 0 N–H and O–H groups in total. The van der Waals surface area contributed by atoms with Gasteiger partial charge in [-0.25, -0.2) is 4.98 Å². The normalized spacial score (nSPS) is 15.3. The van der Waals surface area contributed by atoms with E-state index in [2.05, 4.69) is 18.5 Å². The van der Waals surface area contributed by atoms with Crippen molar-refractivity contribution < 1.29 is 49.6 Å². The van der Waals surface area contributed by atoms with Crippen molar-refractivity contribution in [2.24, 2.45) is 11.3 Å². The Labute approximate surface area is 404 Å². The molecule has 0 unspecified atom stereocenters. The number of imidazole rings is 1. The molecule has 0 aliphatic rings. The number of para-hydroxylation sites is 3. The number of benzene rings is 7. The molecule has 10 aromatic rings. The van der Waals surface area contributed by atoms with E-state index < -0.39 is 78.6 Å². The van der Waals surface area contributed by atoms with Gasteiger partial charge >= 0.3 is 0 Å². The zero-order chi connectivity index (χ0) is 54.7. The zero-order valence-corrected chi connectivity index (χ0v) is 37.3. The first-order chi connectivity index (χ1) is 35.8. The van der Waals surface area contributed by atoms with Gasteiger partial charge in [0.1, 0.15) is 5.82 Å². The molecule has 0 bridgehead atoms. The molecule has 63 heavy (non-hydrogen) atoms. The summed E-state index contributed by atoms with van der Waals surface area (Å²) in [6.07, 6.45) is 1.58. The molecular weight excluding hydrogens is 952 g/mol. The second-order valence-corrected chi connectivity index (χ2v) is 16.2. The molecule has 0 atom stereocenters. The van der Waals surface area contributed by atoms with Crippen LogP contribution in [0.2, 0.25) is 0 Å². The molecule has 3 aromatic heterocycles. The summed E-state index contributed by atoms with van der Waals surface area (Å²) in [6.45, 7) is 9.19. The first-order valence-electron chi connectivity index (χ1n) is 27.3. The minimum Gasteiger partial charge on any atom is -0.510 e. The second kappa shape index (κ2) is 17.3. The molecule has 10 rings (SSSR count). The molecule has 0 saturated carbocycles. The summed E-state index contributed by atoms with van der Waals surface area (Å²) < 4.78 is 135. The van der Waals surface area contributed by atoms with E-state index in [4.69, 9.17) is 28.9 Å². The van der Waals surface area contributed by atoms with Crippen molar-refractivity contribution in [2.45, 2.75) is 47.4 Å². The molecule has 3 heterocycles. The summed E-state index contributed by atoms with van der Waals surface area (Å²) in [5.41, 5.74) is 2.91. The quantitative estimate of drug-likeness (QED) is 0.101. The predicted octanol–water partition coefficient (Wildman–Crippen LogP) is 13.7. The summed E-state index contributed by atoms with van der Waals surface area (Å²) in [5.74, 6) is 0.664. The Morgan fingerprint density at radius 3 is 2.13 bits per heavy atom. The molecule has 5 nitrogen and oxygen atoms in total. The number of aromatic nitrogens is 4. The van der Waals surface area contributed by atoms with Crippen LogP contribution in [-0.4, -0.2) is 14.1 Å². The molecule has 0 radical (unpaired) electrons. The zero-order valence-electron chi connectivity index (χ0n) is 49.0. The summed E-state index contributed by atoms with van der Waals surface area (Å²) in [6, 6.07) is 30.8. The molecule has 314 valence electrons. The topological polar surface area (TPSA) is 35.9 Å². The number of nitrogens with zero attached hydrogens (tertiary/aromatic N) is 4. The molecule has 0 spiro atoms. The van der Waals surface area contributed by atoms with Crippen molar-refractivity contribution in [3.8, 4) is 50.9 Å². The van der Waals surface area contributed by atoms with Crippen LogP contribution in [0.4, 0.5) is 0 Å². The number of ether oxygens (including phenoxy) is 1. The minimum absolute atomic E-state index is 0. The van der Waals surface area contributed by atoms with Crippen LogP contribution in [-0.2, 0) is 33.8 Å². The molecule has 0 saturated heterocycles. The average molecular weight is 1010 g/mol. The van der Waals surface area contributed by atoms with Crippen LogP contribution in [0.15, 0.2) is 170 Å². The number of fused-ring (bicyclic) bond motifs is 4. The third kappa shape index (κ3) is 8.38. The van der Waals surface area contributed by atoms with Gasteiger partial charge in [0, 0.05) is 49.8 Å². The van der Waals surface area contributed by atoms with Crippen LogP contribution in [0.1, 0.15) is 64.9 Å². The largest absolute Gasteiger partial charge is 0.510 e. The maximum absolute atomic E-state index is 9.08. The Bertz CT molecular complexity index is 3890. The van der Waals surface area contributed by atoms with Crippen molar-refractivity contribution in [3.05, 3.63) is 199 Å². The Hall–Kier alpha value is -6.55. The van der Waals surface area contributed by atoms with Gasteiger partial charge in [0.15, 0.2) is 0 Å². The van der Waals surface area contributed by atoms with Gasteiger partial charge in [0.05, 0.1) is 30.4 Å². The Morgan fingerprint density at radius 2 is 1.41 bits per heavy atom. The number of hydrogen-bond acceptors (Lipinski definition) is 2. The van der Waals surface area contributed by atoms with Gasteiger partial charge in [-0.05, 0) is 86.7 Å². The smallest absolute Gasteiger partial charge is 0.268 e. The summed E-state index contributed by atoms with van der Waals surface area (Å²) in [5, 5.41) is 1.47. The third-order valence-corrected chi connectivity index (χ3v) is 10.2. The fourth-order valence-electron chi connectivity index (χ4n) is 7.80. The fourth-order valence-corrected chi connectivity index (χ4v) is 7.80. The Kier molecular flexibility index (Phi) is 7.75. The molecule has 0 amide bonds. The summed E-state index contributed by atoms with van der Waals surface area (Å²) in [7, 11) is 0. The monoisotopic (exact) mass is 1010 g/mol. The van der Waals surface area contributed by atoms with Crippen LogP contribution in [0.5, 0.6) is 11.5 Å². The average Bonchev–Trinajstić information content (AvgIpc) is 4.13. The fraction of sp³-hybridized carbons (Fsp3) is 0.158. The van der Waals surface area contributed by atoms with E-state index in [1.807, 2.05) is 63.5 Å². The van der Waals surface area contributed by atoms with E-state index in [0.717, 1.165) is 10.8 Å². The minimum atomic E-state index is -1.73. The van der Waals surface area contributed by atoms with Gasteiger partial charge in [0.25, 0.3) is 6.33 Å². The summed E-state index contributed by atoms with van der Waals surface area (Å²) >= 11 is 0. The standard InChI is InChI=1S/C57H48N4O.Pt/c1-39(2)32-40-26-29-51-50(33-40)49-28-27-46(36-54(49)61(51)55-34-41(30-31-58-55)37-57(3,4)5)62-45-21-14-20-44(35-45)59-38-60(53-25-13-12-24-52(53)59)56-47(42-16-8-6-9-17-42)22-15-23-48(56)43-18-10-7-11-19-43;/h6-31,33-34,39H,32,37H2,1-5H3;/q-2;/i6D,7D,8D,9D,10D,11D,16D,17D,18D,19D,32D2,37D2;. The van der Waals surface area contributed by atoms with Gasteiger partial charge in [-0.15, -0.1) is 29.7 Å². The molecule has 7 aromatic carbocycles. The Morgan fingerprint density at radius 1 is 0.714 bits per heavy atom. The van der Waals surface area contributed by atoms with Crippen molar-refractivity contribution >= 4 is 32.8 Å². The predicted molar refractivity (Wildman–Crippen MR) is 253 cm³/mol. The van der Waals surface area contributed by atoms with Gasteiger partial charge < -0.3 is 13.9 Å². The van der Waals surface area contributed by atoms with Gasteiger partial charge in [-0.3, -0.25) is 4.57 Å². The van der Waals surface area contributed by atoms with E-state index >= 15 is 0 Å².